The Balaban J connectivity index is 1.40. The van der Waals surface area contributed by atoms with Crippen molar-refractivity contribution in [2.24, 2.45) is 0 Å². The highest BCUT2D eigenvalue weighted by Gasteiger charge is 2.12. The Hall–Kier alpha value is -3.34. The standard InChI is InChI=1S/C23H23N3O2/c1-15-20(12-16-9-10-18(28-2)13-22(16)26-15)23(27)24-11-5-6-17-14-25-21-8-4-3-7-19(17)21/h3-4,7-10,12-14,25H,5-6,11H2,1-2H3,(H,24,27). The zero-order valence-corrected chi connectivity index (χ0v) is 16.1. The number of aromatic nitrogens is 2. The minimum Gasteiger partial charge on any atom is -0.497 e. The van der Waals surface area contributed by atoms with Gasteiger partial charge in [-0.2, -0.15) is 0 Å². The maximum atomic E-state index is 12.6. The molecule has 0 radical (unpaired) electrons. The summed E-state index contributed by atoms with van der Waals surface area (Å²) >= 11 is 0. The molecule has 2 heterocycles. The van der Waals surface area contributed by atoms with E-state index in [0.29, 0.717) is 12.1 Å². The van der Waals surface area contributed by atoms with E-state index in [9.17, 15) is 4.79 Å². The molecule has 0 atom stereocenters. The maximum Gasteiger partial charge on any atom is 0.253 e. The summed E-state index contributed by atoms with van der Waals surface area (Å²) in [5, 5.41) is 5.20. The molecule has 142 valence electrons. The molecular formula is C23H23N3O2. The molecule has 0 saturated heterocycles. The van der Waals surface area contributed by atoms with E-state index in [1.54, 1.807) is 7.11 Å². The number of H-pyrrole nitrogens is 1. The van der Waals surface area contributed by atoms with E-state index in [2.05, 4.69) is 33.6 Å². The molecule has 5 heteroatoms. The van der Waals surface area contributed by atoms with Crippen LogP contribution in [-0.2, 0) is 6.42 Å². The second-order valence-corrected chi connectivity index (χ2v) is 6.90. The largest absolute Gasteiger partial charge is 0.497 e. The first-order valence-electron chi connectivity index (χ1n) is 9.44. The summed E-state index contributed by atoms with van der Waals surface area (Å²) in [5.74, 6) is 0.676. The summed E-state index contributed by atoms with van der Waals surface area (Å²) in [6, 6.07) is 15.9. The van der Waals surface area contributed by atoms with Crippen molar-refractivity contribution < 1.29 is 9.53 Å². The molecule has 0 aliphatic carbocycles. The van der Waals surface area contributed by atoms with Crippen LogP contribution in [0.15, 0.2) is 54.7 Å². The number of fused-ring (bicyclic) bond motifs is 2. The zero-order valence-electron chi connectivity index (χ0n) is 16.1. The molecular weight excluding hydrogens is 350 g/mol. The third-order valence-corrected chi connectivity index (χ3v) is 5.04. The summed E-state index contributed by atoms with van der Waals surface area (Å²) in [4.78, 5) is 20.5. The predicted octanol–water partition coefficient (Wildman–Crippen LogP) is 4.40. The lowest BCUT2D eigenvalue weighted by molar-refractivity contribution is 0.0952. The lowest BCUT2D eigenvalue weighted by Crippen LogP contribution is -2.25. The predicted molar refractivity (Wildman–Crippen MR) is 112 cm³/mol. The number of para-hydroxylation sites is 1. The quantitative estimate of drug-likeness (QED) is 0.493. The Morgan fingerprint density at radius 2 is 2.04 bits per heavy atom. The normalized spacial score (nSPS) is 11.1. The molecule has 2 N–H and O–H groups in total. The molecule has 1 amide bonds. The van der Waals surface area contributed by atoms with Gasteiger partial charge in [0.05, 0.1) is 23.9 Å². The maximum absolute atomic E-state index is 12.6. The van der Waals surface area contributed by atoms with Gasteiger partial charge in [-0.3, -0.25) is 9.78 Å². The first kappa shape index (κ1) is 18.0. The first-order valence-corrected chi connectivity index (χ1v) is 9.44. The van der Waals surface area contributed by atoms with Gasteiger partial charge in [0.15, 0.2) is 0 Å². The van der Waals surface area contributed by atoms with Gasteiger partial charge in [0, 0.05) is 35.1 Å². The number of carbonyl (C=O) groups excluding carboxylic acids is 1. The number of aromatic amines is 1. The van der Waals surface area contributed by atoms with Gasteiger partial charge in [0.25, 0.3) is 5.91 Å². The van der Waals surface area contributed by atoms with E-state index in [1.165, 1.54) is 10.9 Å². The number of methoxy groups -OCH3 is 1. The Labute approximate surface area is 163 Å². The summed E-state index contributed by atoms with van der Waals surface area (Å²) in [6.07, 6.45) is 3.85. The number of nitrogens with zero attached hydrogens (tertiary/aromatic N) is 1. The third-order valence-electron chi connectivity index (χ3n) is 5.04. The Morgan fingerprint density at radius 1 is 1.18 bits per heavy atom. The van der Waals surface area contributed by atoms with Gasteiger partial charge in [-0.1, -0.05) is 18.2 Å². The van der Waals surface area contributed by atoms with Crippen LogP contribution in [-0.4, -0.2) is 29.5 Å². The van der Waals surface area contributed by atoms with Gasteiger partial charge in [-0.15, -0.1) is 0 Å². The molecule has 4 aromatic rings. The Kier molecular flexibility index (Phi) is 4.98. The highest BCUT2D eigenvalue weighted by atomic mass is 16.5. The number of rotatable bonds is 6. The van der Waals surface area contributed by atoms with Crippen molar-refractivity contribution >= 4 is 27.7 Å². The van der Waals surface area contributed by atoms with Crippen molar-refractivity contribution in [1.29, 1.82) is 0 Å². The molecule has 0 fully saturated rings. The van der Waals surface area contributed by atoms with Crippen LogP contribution < -0.4 is 10.1 Å². The SMILES string of the molecule is COc1ccc2cc(C(=O)NCCCc3c[nH]c4ccccc34)c(C)nc2c1. The zero-order chi connectivity index (χ0) is 19.5. The van der Waals surface area contributed by atoms with Crippen molar-refractivity contribution in [2.75, 3.05) is 13.7 Å². The molecule has 2 aromatic carbocycles. The number of amides is 1. The number of carbonyl (C=O) groups is 1. The molecule has 0 bridgehead atoms. The molecule has 5 nitrogen and oxygen atoms in total. The summed E-state index contributed by atoms with van der Waals surface area (Å²) in [7, 11) is 1.63. The number of pyridine rings is 1. The van der Waals surface area contributed by atoms with Gasteiger partial charge in [-0.05, 0) is 49.6 Å². The molecule has 4 rings (SSSR count). The van der Waals surface area contributed by atoms with Gasteiger partial charge >= 0.3 is 0 Å². The summed E-state index contributed by atoms with van der Waals surface area (Å²) < 4.78 is 5.24. The van der Waals surface area contributed by atoms with E-state index in [-0.39, 0.29) is 5.91 Å². The molecule has 0 saturated carbocycles. The van der Waals surface area contributed by atoms with E-state index < -0.39 is 0 Å². The van der Waals surface area contributed by atoms with Gasteiger partial charge in [0.1, 0.15) is 5.75 Å². The Morgan fingerprint density at radius 3 is 2.89 bits per heavy atom. The molecule has 0 aliphatic rings. The average Bonchev–Trinajstić information content (AvgIpc) is 3.13. The van der Waals surface area contributed by atoms with Crippen LogP contribution in [0.3, 0.4) is 0 Å². The highest BCUT2D eigenvalue weighted by Crippen LogP contribution is 2.22. The van der Waals surface area contributed by atoms with Crippen LogP contribution in [0.4, 0.5) is 0 Å². The molecule has 0 aliphatic heterocycles. The number of nitrogens with one attached hydrogen (secondary N) is 2. The van der Waals surface area contributed by atoms with E-state index in [1.807, 2.05) is 43.3 Å². The van der Waals surface area contributed by atoms with Crippen LogP contribution in [0.25, 0.3) is 21.8 Å². The summed E-state index contributed by atoms with van der Waals surface area (Å²) in [6.45, 7) is 2.48. The lowest BCUT2D eigenvalue weighted by atomic mass is 10.1. The van der Waals surface area contributed by atoms with Crippen molar-refractivity contribution in [3.05, 3.63) is 71.5 Å². The smallest absolute Gasteiger partial charge is 0.253 e. The second kappa shape index (κ2) is 7.72. The fraction of sp³-hybridized carbons (Fsp3) is 0.217. The minimum atomic E-state index is -0.0818. The van der Waals surface area contributed by atoms with Gasteiger partial charge in [0.2, 0.25) is 0 Å². The fourth-order valence-electron chi connectivity index (χ4n) is 3.51. The summed E-state index contributed by atoms with van der Waals surface area (Å²) in [5.41, 5.74) is 4.59. The second-order valence-electron chi connectivity index (χ2n) is 6.90. The topological polar surface area (TPSA) is 67.0 Å². The monoisotopic (exact) mass is 373 g/mol. The minimum absolute atomic E-state index is 0.0818. The van der Waals surface area contributed by atoms with E-state index in [0.717, 1.165) is 40.7 Å². The number of aryl methyl sites for hydroxylation is 2. The third kappa shape index (κ3) is 3.56. The number of hydrogen-bond acceptors (Lipinski definition) is 3. The number of hydrogen-bond donors (Lipinski definition) is 2. The van der Waals surface area contributed by atoms with Crippen LogP contribution in [0.2, 0.25) is 0 Å². The van der Waals surface area contributed by atoms with Crippen molar-refractivity contribution in [3.8, 4) is 5.75 Å². The molecule has 2 aromatic heterocycles. The van der Waals surface area contributed by atoms with Gasteiger partial charge < -0.3 is 15.0 Å². The first-order chi connectivity index (χ1) is 13.7. The number of benzene rings is 2. The number of ether oxygens (including phenoxy) is 1. The van der Waals surface area contributed by atoms with Crippen molar-refractivity contribution in [1.82, 2.24) is 15.3 Å². The van der Waals surface area contributed by atoms with Crippen LogP contribution in [0.1, 0.15) is 28.0 Å². The van der Waals surface area contributed by atoms with Crippen LogP contribution in [0, 0.1) is 6.92 Å². The van der Waals surface area contributed by atoms with E-state index >= 15 is 0 Å². The Bertz CT molecular complexity index is 1150. The molecule has 28 heavy (non-hydrogen) atoms. The molecule has 0 unspecified atom stereocenters. The fourth-order valence-corrected chi connectivity index (χ4v) is 3.51. The molecule has 0 spiro atoms. The average molecular weight is 373 g/mol. The van der Waals surface area contributed by atoms with E-state index in [4.69, 9.17) is 4.74 Å². The van der Waals surface area contributed by atoms with Crippen LogP contribution >= 0.6 is 0 Å². The van der Waals surface area contributed by atoms with Crippen molar-refractivity contribution in [2.45, 2.75) is 19.8 Å². The van der Waals surface area contributed by atoms with Crippen LogP contribution in [0.5, 0.6) is 5.75 Å². The van der Waals surface area contributed by atoms with Crippen molar-refractivity contribution in [3.63, 3.8) is 0 Å². The van der Waals surface area contributed by atoms with Gasteiger partial charge in [-0.25, -0.2) is 0 Å². The lowest BCUT2D eigenvalue weighted by Gasteiger charge is -2.09. The highest BCUT2D eigenvalue weighted by molar-refractivity contribution is 5.98.